The van der Waals surface area contributed by atoms with E-state index in [4.69, 9.17) is 4.74 Å². The number of Topliss-reactive ketones (excluding diaryl/α,β-unsaturated/α-hetero) is 1. The van der Waals surface area contributed by atoms with Crippen LogP contribution in [0.25, 0.3) is 0 Å². The fourth-order valence-corrected chi connectivity index (χ4v) is 4.56. The molecule has 1 aromatic carbocycles. The van der Waals surface area contributed by atoms with Crippen LogP contribution in [0.2, 0.25) is 0 Å². The number of rotatable bonds is 5. The Morgan fingerprint density at radius 2 is 2.00 bits per heavy atom. The molecule has 0 radical (unpaired) electrons. The smallest absolute Gasteiger partial charge is 0.414 e. The summed E-state index contributed by atoms with van der Waals surface area (Å²) >= 11 is 0. The van der Waals surface area contributed by atoms with Crippen molar-refractivity contribution >= 4 is 34.1 Å². The second kappa shape index (κ2) is 8.82. The molecule has 0 aliphatic carbocycles. The van der Waals surface area contributed by atoms with E-state index in [1.807, 2.05) is 4.90 Å². The molecule has 0 unspecified atom stereocenters. The van der Waals surface area contributed by atoms with Crippen molar-refractivity contribution in [3.05, 3.63) is 24.0 Å². The third-order valence-corrected chi connectivity index (χ3v) is 6.36. The van der Waals surface area contributed by atoms with Crippen molar-refractivity contribution in [1.82, 2.24) is 0 Å². The van der Waals surface area contributed by atoms with Crippen LogP contribution in [0.3, 0.4) is 0 Å². The Morgan fingerprint density at radius 3 is 2.63 bits per heavy atom. The van der Waals surface area contributed by atoms with Gasteiger partial charge in [-0.3, -0.25) is 9.11 Å². The monoisotopic (exact) mass is 396 g/mol. The first-order chi connectivity index (χ1) is 12.9. The summed E-state index contributed by atoms with van der Waals surface area (Å²) in [5, 5.41) is 0. The van der Waals surface area contributed by atoms with Gasteiger partial charge < -0.3 is 14.4 Å². The van der Waals surface area contributed by atoms with Crippen LogP contribution in [0.15, 0.2) is 18.2 Å². The maximum Gasteiger partial charge on any atom is 0.414 e. The maximum absolute atomic E-state index is 14.8. The predicted octanol–water partition coefficient (Wildman–Crippen LogP) is 2.87. The molecule has 148 valence electrons. The highest BCUT2D eigenvalue weighted by Gasteiger charge is 2.32. The summed E-state index contributed by atoms with van der Waals surface area (Å²) in [5.41, 5.74) is 0.965. The van der Waals surface area contributed by atoms with E-state index < -0.39 is 16.9 Å². The minimum atomic E-state index is -0.763. The van der Waals surface area contributed by atoms with Gasteiger partial charge in [0.05, 0.1) is 17.9 Å². The molecule has 2 fully saturated rings. The Balaban J connectivity index is 1.68. The lowest BCUT2D eigenvalue weighted by Gasteiger charge is -2.27. The van der Waals surface area contributed by atoms with Crippen LogP contribution < -0.4 is 9.80 Å². The topological polar surface area (TPSA) is 66.9 Å². The zero-order valence-electron chi connectivity index (χ0n) is 15.5. The molecule has 0 bridgehead atoms. The van der Waals surface area contributed by atoms with Gasteiger partial charge in [0.1, 0.15) is 17.7 Å². The summed E-state index contributed by atoms with van der Waals surface area (Å²) in [4.78, 5) is 26.6. The highest BCUT2D eigenvalue weighted by molar-refractivity contribution is 7.84. The van der Waals surface area contributed by atoms with E-state index in [-0.39, 0.29) is 17.7 Å². The SMILES string of the molecule is CC(=O)CC[C@H]1CN(c2ccc(N3CCCS(=O)CCC3)c(F)c2)C(=O)O1. The molecule has 27 heavy (non-hydrogen) atoms. The third-order valence-electron chi connectivity index (χ3n) is 4.88. The Labute approximate surface area is 161 Å². The number of halogens is 1. The number of hydrogen-bond acceptors (Lipinski definition) is 5. The van der Waals surface area contributed by atoms with Crippen molar-refractivity contribution in [2.45, 2.75) is 38.7 Å². The molecule has 1 atom stereocenters. The highest BCUT2D eigenvalue weighted by Crippen LogP contribution is 2.29. The number of anilines is 2. The lowest BCUT2D eigenvalue weighted by Crippen LogP contribution is -2.31. The van der Waals surface area contributed by atoms with Crippen molar-refractivity contribution in [2.24, 2.45) is 0 Å². The molecule has 2 aliphatic rings. The van der Waals surface area contributed by atoms with Crippen LogP contribution in [-0.2, 0) is 20.3 Å². The van der Waals surface area contributed by atoms with Crippen LogP contribution in [0.4, 0.5) is 20.6 Å². The van der Waals surface area contributed by atoms with Crippen molar-refractivity contribution in [2.75, 3.05) is 40.9 Å². The maximum atomic E-state index is 14.8. The largest absolute Gasteiger partial charge is 0.444 e. The molecule has 0 aromatic heterocycles. The van der Waals surface area contributed by atoms with Crippen molar-refractivity contribution < 1.29 is 22.9 Å². The van der Waals surface area contributed by atoms with Crippen LogP contribution in [0, 0.1) is 5.82 Å². The fraction of sp³-hybridized carbons (Fsp3) is 0.579. The van der Waals surface area contributed by atoms with Crippen molar-refractivity contribution in [1.29, 1.82) is 0 Å². The number of hydrogen-bond donors (Lipinski definition) is 0. The van der Waals surface area contributed by atoms with Gasteiger partial charge in [-0.05, 0) is 44.4 Å². The van der Waals surface area contributed by atoms with Crippen molar-refractivity contribution in [3.63, 3.8) is 0 Å². The predicted molar refractivity (Wildman–Crippen MR) is 103 cm³/mol. The van der Waals surface area contributed by atoms with Gasteiger partial charge >= 0.3 is 6.09 Å². The number of amides is 1. The van der Waals surface area contributed by atoms with Crippen LogP contribution >= 0.6 is 0 Å². The summed E-state index contributed by atoms with van der Waals surface area (Å²) in [7, 11) is -0.763. The molecule has 1 amide bonds. The average molecular weight is 396 g/mol. The number of nitrogens with zero attached hydrogens (tertiary/aromatic N) is 2. The average Bonchev–Trinajstić information content (AvgIpc) is 2.97. The Kier molecular flexibility index (Phi) is 6.46. The quantitative estimate of drug-likeness (QED) is 0.766. The van der Waals surface area contributed by atoms with Crippen LogP contribution in [-0.4, -0.2) is 53.3 Å². The van der Waals surface area contributed by atoms with Gasteiger partial charge in [-0.25, -0.2) is 9.18 Å². The van der Waals surface area contributed by atoms with Crippen LogP contribution in [0.5, 0.6) is 0 Å². The number of cyclic esters (lactones) is 1. The fourth-order valence-electron chi connectivity index (χ4n) is 3.45. The van der Waals surface area contributed by atoms with E-state index in [9.17, 15) is 18.2 Å². The molecule has 6 nitrogen and oxygen atoms in total. The molecular formula is C19H25FN2O4S. The summed E-state index contributed by atoms with van der Waals surface area (Å²) in [6, 6.07) is 4.78. The zero-order valence-corrected chi connectivity index (χ0v) is 16.3. The van der Waals surface area contributed by atoms with E-state index in [1.165, 1.54) is 17.9 Å². The lowest BCUT2D eigenvalue weighted by atomic mass is 10.1. The van der Waals surface area contributed by atoms with E-state index >= 15 is 0 Å². The molecular weight excluding hydrogens is 371 g/mol. The van der Waals surface area contributed by atoms with Gasteiger partial charge in [0, 0.05) is 41.8 Å². The Morgan fingerprint density at radius 1 is 1.30 bits per heavy atom. The highest BCUT2D eigenvalue weighted by atomic mass is 32.2. The Hall–Kier alpha value is -1.96. The van der Waals surface area contributed by atoms with E-state index in [0.29, 0.717) is 55.4 Å². The minimum Gasteiger partial charge on any atom is -0.444 e. The zero-order chi connectivity index (χ0) is 19.4. The molecule has 3 rings (SSSR count). The number of ketones is 1. The van der Waals surface area contributed by atoms with E-state index in [2.05, 4.69) is 0 Å². The number of ether oxygens (including phenoxy) is 1. The van der Waals surface area contributed by atoms with Gasteiger partial charge in [-0.15, -0.1) is 0 Å². The first-order valence-electron chi connectivity index (χ1n) is 9.31. The normalized spacial score (nSPS) is 21.7. The molecule has 0 saturated carbocycles. The van der Waals surface area contributed by atoms with Crippen molar-refractivity contribution in [3.8, 4) is 0 Å². The second-order valence-corrected chi connectivity index (χ2v) is 8.73. The molecule has 8 heteroatoms. The summed E-state index contributed by atoms with van der Waals surface area (Å²) in [5.74, 6) is 0.973. The van der Waals surface area contributed by atoms with Crippen LogP contribution in [0.1, 0.15) is 32.6 Å². The van der Waals surface area contributed by atoms with Gasteiger partial charge in [-0.1, -0.05) is 0 Å². The molecule has 2 heterocycles. The minimum absolute atomic E-state index is 0.0528. The third kappa shape index (κ3) is 5.06. The number of carbonyl (C=O) groups excluding carboxylic acids is 2. The van der Waals surface area contributed by atoms with Gasteiger partial charge in [0.2, 0.25) is 0 Å². The first kappa shape index (κ1) is 19.8. The lowest BCUT2D eigenvalue weighted by molar-refractivity contribution is -0.117. The second-order valence-electron chi connectivity index (χ2n) is 7.04. The standard InChI is InChI=1S/C19H25FN2O4S/c1-14(23)4-6-16-13-22(19(24)26-16)15-5-7-18(17(20)12-15)21-8-2-10-27(25)11-3-9-21/h5,7,12,16H,2-4,6,8-11,13H2,1H3/t16-/m0/s1. The van der Waals surface area contributed by atoms with Gasteiger partial charge in [-0.2, -0.15) is 0 Å². The van der Waals surface area contributed by atoms with Gasteiger partial charge in [0.25, 0.3) is 0 Å². The van der Waals surface area contributed by atoms with Gasteiger partial charge in [0.15, 0.2) is 0 Å². The molecule has 1 aromatic rings. The summed E-state index contributed by atoms with van der Waals surface area (Å²) in [6.07, 6.45) is 1.52. The number of carbonyl (C=O) groups is 2. The molecule has 0 N–H and O–H groups in total. The van der Waals surface area contributed by atoms with E-state index in [1.54, 1.807) is 12.1 Å². The summed E-state index contributed by atoms with van der Waals surface area (Å²) in [6.45, 7) is 3.16. The first-order valence-corrected chi connectivity index (χ1v) is 10.8. The molecule has 0 spiro atoms. The Bertz CT molecular complexity index is 730. The van der Waals surface area contributed by atoms with E-state index in [0.717, 1.165) is 12.8 Å². The molecule has 2 saturated heterocycles. The summed E-state index contributed by atoms with van der Waals surface area (Å²) < 4.78 is 31.7. The number of benzene rings is 1. The molecule has 2 aliphatic heterocycles.